The number of hydrogen-bond donors (Lipinski definition) is 1. The van der Waals surface area contributed by atoms with Crippen LogP contribution in [-0.4, -0.2) is 27.3 Å². The molecule has 0 unspecified atom stereocenters. The quantitative estimate of drug-likeness (QED) is 0.923. The van der Waals surface area contributed by atoms with Crippen molar-refractivity contribution in [2.75, 3.05) is 11.4 Å². The third-order valence-corrected chi connectivity index (χ3v) is 4.46. The standard InChI is InChI=1S/C14H13Cl2N3O2/c1-18-7-9(5-17-18)19-6-8(4-12(19)21)13-11(20)3-2-10(15)14(13)16/h2-3,5,7-8,20H,4,6H2,1H3/t8-/m1/s1. The summed E-state index contributed by atoms with van der Waals surface area (Å²) in [7, 11) is 1.79. The Morgan fingerprint density at radius 3 is 2.81 bits per heavy atom. The van der Waals surface area contributed by atoms with Crippen molar-refractivity contribution in [3.8, 4) is 5.75 Å². The molecule has 1 saturated heterocycles. The molecule has 0 spiro atoms. The number of halogens is 2. The van der Waals surface area contributed by atoms with E-state index in [1.165, 1.54) is 6.07 Å². The Morgan fingerprint density at radius 1 is 1.38 bits per heavy atom. The van der Waals surface area contributed by atoms with E-state index < -0.39 is 0 Å². The Morgan fingerprint density at radius 2 is 2.14 bits per heavy atom. The predicted octanol–water partition coefficient (Wildman–Crippen LogP) is 2.95. The highest BCUT2D eigenvalue weighted by Gasteiger charge is 2.35. The highest BCUT2D eigenvalue weighted by molar-refractivity contribution is 6.42. The third kappa shape index (κ3) is 2.47. The first-order valence-corrected chi connectivity index (χ1v) is 7.19. The summed E-state index contributed by atoms with van der Waals surface area (Å²) < 4.78 is 1.64. The Hall–Kier alpha value is -1.72. The molecule has 7 heteroatoms. The molecule has 0 radical (unpaired) electrons. The first-order valence-electron chi connectivity index (χ1n) is 6.43. The average molecular weight is 326 g/mol. The van der Waals surface area contributed by atoms with Crippen LogP contribution in [0.5, 0.6) is 5.75 Å². The minimum absolute atomic E-state index is 0.0246. The van der Waals surface area contributed by atoms with Crippen LogP contribution in [0.15, 0.2) is 24.5 Å². The zero-order chi connectivity index (χ0) is 15.1. The van der Waals surface area contributed by atoms with Crippen LogP contribution in [0.25, 0.3) is 0 Å². The molecule has 5 nitrogen and oxygen atoms in total. The van der Waals surface area contributed by atoms with E-state index in [1.54, 1.807) is 35.1 Å². The summed E-state index contributed by atoms with van der Waals surface area (Å²) in [5, 5.41) is 14.8. The van der Waals surface area contributed by atoms with Gasteiger partial charge in [0.15, 0.2) is 0 Å². The third-order valence-electron chi connectivity index (χ3n) is 3.65. The Bertz CT molecular complexity index is 714. The fraction of sp³-hybridized carbons (Fsp3) is 0.286. The van der Waals surface area contributed by atoms with E-state index in [-0.39, 0.29) is 24.0 Å². The summed E-state index contributed by atoms with van der Waals surface area (Å²) in [6, 6.07) is 3.04. The molecular formula is C14H13Cl2N3O2. The lowest BCUT2D eigenvalue weighted by molar-refractivity contribution is -0.117. The number of amides is 1. The van der Waals surface area contributed by atoms with Crippen LogP contribution in [0.3, 0.4) is 0 Å². The van der Waals surface area contributed by atoms with Gasteiger partial charge < -0.3 is 10.0 Å². The van der Waals surface area contributed by atoms with Gasteiger partial charge in [0.05, 0.1) is 21.9 Å². The smallest absolute Gasteiger partial charge is 0.227 e. The molecule has 1 fully saturated rings. The van der Waals surface area contributed by atoms with Crippen molar-refractivity contribution in [2.24, 2.45) is 7.05 Å². The number of hydrogen-bond acceptors (Lipinski definition) is 3. The molecule has 1 aliphatic rings. The van der Waals surface area contributed by atoms with Gasteiger partial charge in [-0.05, 0) is 12.1 Å². The molecule has 0 saturated carbocycles. The molecule has 3 rings (SSSR count). The van der Waals surface area contributed by atoms with Crippen molar-refractivity contribution in [1.82, 2.24) is 9.78 Å². The molecule has 2 heterocycles. The summed E-state index contributed by atoms with van der Waals surface area (Å²) in [6.07, 6.45) is 3.70. The lowest BCUT2D eigenvalue weighted by Gasteiger charge is -2.16. The SMILES string of the molecule is Cn1cc(N2C[C@H](c3c(O)ccc(Cl)c3Cl)CC2=O)cn1. The number of aromatic nitrogens is 2. The summed E-state index contributed by atoms with van der Waals surface area (Å²) >= 11 is 12.2. The van der Waals surface area contributed by atoms with Crippen molar-refractivity contribution < 1.29 is 9.90 Å². The van der Waals surface area contributed by atoms with Gasteiger partial charge in [0.2, 0.25) is 5.91 Å². The maximum absolute atomic E-state index is 12.2. The first-order chi connectivity index (χ1) is 9.97. The van der Waals surface area contributed by atoms with Gasteiger partial charge in [-0.2, -0.15) is 5.10 Å². The fourth-order valence-electron chi connectivity index (χ4n) is 2.64. The van der Waals surface area contributed by atoms with Crippen LogP contribution < -0.4 is 4.90 Å². The van der Waals surface area contributed by atoms with Gasteiger partial charge in [0, 0.05) is 37.7 Å². The largest absolute Gasteiger partial charge is 0.508 e. The number of benzene rings is 1. The summed E-state index contributed by atoms with van der Waals surface area (Å²) in [5.74, 6) is -0.150. The van der Waals surface area contributed by atoms with Crippen molar-refractivity contribution in [1.29, 1.82) is 0 Å². The Balaban J connectivity index is 1.93. The second-order valence-electron chi connectivity index (χ2n) is 5.07. The minimum atomic E-state index is -0.191. The normalized spacial score (nSPS) is 18.5. The zero-order valence-electron chi connectivity index (χ0n) is 11.3. The molecule has 2 aromatic rings. The number of anilines is 1. The van der Waals surface area contributed by atoms with Crippen molar-refractivity contribution in [3.63, 3.8) is 0 Å². The number of nitrogens with zero attached hydrogens (tertiary/aromatic N) is 3. The molecule has 1 N–H and O–H groups in total. The maximum atomic E-state index is 12.2. The van der Waals surface area contributed by atoms with E-state index in [1.807, 2.05) is 0 Å². The number of aromatic hydroxyl groups is 1. The molecule has 1 aromatic carbocycles. The highest BCUT2D eigenvalue weighted by Crippen LogP contribution is 2.42. The molecule has 0 bridgehead atoms. The van der Waals surface area contributed by atoms with Crippen LogP contribution >= 0.6 is 23.2 Å². The van der Waals surface area contributed by atoms with Gasteiger partial charge in [0.25, 0.3) is 0 Å². The lowest BCUT2D eigenvalue weighted by Crippen LogP contribution is -2.23. The highest BCUT2D eigenvalue weighted by atomic mass is 35.5. The van der Waals surface area contributed by atoms with Gasteiger partial charge in [0.1, 0.15) is 5.75 Å². The van der Waals surface area contributed by atoms with E-state index in [0.29, 0.717) is 22.2 Å². The van der Waals surface area contributed by atoms with Gasteiger partial charge in [-0.1, -0.05) is 23.2 Å². The molecule has 110 valence electrons. The second-order valence-corrected chi connectivity index (χ2v) is 5.86. The number of aryl methyl sites for hydroxylation is 1. The van der Waals surface area contributed by atoms with Crippen LogP contribution in [0.4, 0.5) is 5.69 Å². The molecule has 1 aromatic heterocycles. The van der Waals surface area contributed by atoms with E-state index in [4.69, 9.17) is 23.2 Å². The number of carbonyl (C=O) groups excluding carboxylic acids is 1. The molecule has 1 aliphatic heterocycles. The molecule has 1 amide bonds. The van der Waals surface area contributed by atoms with Gasteiger partial charge in [-0.3, -0.25) is 9.48 Å². The summed E-state index contributed by atoms with van der Waals surface area (Å²) in [6.45, 7) is 0.443. The Kier molecular flexibility index (Phi) is 3.55. The van der Waals surface area contributed by atoms with Crippen molar-refractivity contribution >= 4 is 34.8 Å². The van der Waals surface area contributed by atoms with Gasteiger partial charge in [-0.25, -0.2) is 0 Å². The molecular weight excluding hydrogens is 313 g/mol. The monoisotopic (exact) mass is 325 g/mol. The van der Waals surface area contributed by atoms with E-state index in [9.17, 15) is 9.90 Å². The van der Waals surface area contributed by atoms with Crippen molar-refractivity contribution in [3.05, 3.63) is 40.1 Å². The molecule has 0 aliphatic carbocycles. The average Bonchev–Trinajstić information content (AvgIpc) is 3.01. The molecule has 1 atom stereocenters. The Labute approximate surface area is 131 Å². The first kappa shape index (κ1) is 14.2. The van der Waals surface area contributed by atoms with E-state index in [0.717, 1.165) is 5.69 Å². The lowest BCUT2D eigenvalue weighted by atomic mass is 9.97. The van der Waals surface area contributed by atoms with Crippen LogP contribution in [0.2, 0.25) is 10.0 Å². The summed E-state index contributed by atoms with van der Waals surface area (Å²) in [5.41, 5.74) is 1.27. The van der Waals surface area contributed by atoms with E-state index in [2.05, 4.69) is 5.10 Å². The predicted molar refractivity (Wildman–Crippen MR) is 81.0 cm³/mol. The zero-order valence-corrected chi connectivity index (χ0v) is 12.8. The number of carbonyl (C=O) groups is 1. The van der Waals surface area contributed by atoms with Crippen molar-refractivity contribution in [2.45, 2.75) is 12.3 Å². The number of phenolic OH excluding ortho intramolecular Hbond substituents is 1. The van der Waals surface area contributed by atoms with Crippen LogP contribution in [0.1, 0.15) is 17.9 Å². The number of rotatable bonds is 2. The maximum Gasteiger partial charge on any atom is 0.227 e. The summed E-state index contributed by atoms with van der Waals surface area (Å²) in [4.78, 5) is 13.9. The van der Waals surface area contributed by atoms with Crippen LogP contribution in [0, 0.1) is 0 Å². The van der Waals surface area contributed by atoms with Gasteiger partial charge >= 0.3 is 0 Å². The fourth-order valence-corrected chi connectivity index (χ4v) is 3.12. The van der Waals surface area contributed by atoms with Crippen LogP contribution in [-0.2, 0) is 11.8 Å². The number of phenols is 1. The second kappa shape index (κ2) is 5.24. The van der Waals surface area contributed by atoms with E-state index >= 15 is 0 Å². The minimum Gasteiger partial charge on any atom is -0.508 e. The van der Waals surface area contributed by atoms with Gasteiger partial charge in [-0.15, -0.1) is 0 Å². The molecule has 21 heavy (non-hydrogen) atoms. The topological polar surface area (TPSA) is 58.4 Å².